The first-order valence-electron chi connectivity index (χ1n) is 8.39. The third-order valence-corrected chi connectivity index (χ3v) is 6.14. The zero-order chi connectivity index (χ0) is 18.9. The molecular weight excluding hydrogens is 362 g/mol. The van der Waals surface area contributed by atoms with Crippen LogP contribution in [-0.4, -0.2) is 43.8 Å². The summed E-state index contributed by atoms with van der Waals surface area (Å²) in [5.74, 6) is -2.51. The van der Waals surface area contributed by atoms with E-state index in [2.05, 4.69) is 9.97 Å². The molecule has 6 nitrogen and oxygen atoms in total. The molecule has 3 heterocycles. The van der Waals surface area contributed by atoms with E-state index in [4.69, 9.17) is 0 Å². The van der Waals surface area contributed by atoms with Gasteiger partial charge in [-0.1, -0.05) is 6.07 Å². The van der Waals surface area contributed by atoms with Crippen LogP contribution in [0.5, 0.6) is 0 Å². The molecule has 9 heteroatoms. The van der Waals surface area contributed by atoms with Crippen LogP contribution in [0.1, 0.15) is 19.4 Å². The standard InChI is InChI=1S/C17H20F2N4O2S/c1-3-22(4-2)17-13(18)15-14(16(19)21-17)23(8-9-26(15,24)25)11-12-6-5-7-20-10-12/h5-7,10H,3-4,8-9,11H2,1-2H3. The summed E-state index contributed by atoms with van der Waals surface area (Å²) in [4.78, 5) is 10.2. The van der Waals surface area contributed by atoms with Gasteiger partial charge in [0.15, 0.2) is 21.5 Å². The molecule has 0 aliphatic carbocycles. The Kier molecular flexibility index (Phi) is 5.08. The van der Waals surface area contributed by atoms with Crippen LogP contribution < -0.4 is 9.80 Å². The fourth-order valence-corrected chi connectivity index (χ4v) is 4.64. The molecule has 2 aromatic rings. The summed E-state index contributed by atoms with van der Waals surface area (Å²) in [5.41, 5.74) is 0.471. The van der Waals surface area contributed by atoms with Crippen LogP contribution in [0, 0.1) is 11.8 Å². The van der Waals surface area contributed by atoms with Gasteiger partial charge in [-0.25, -0.2) is 12.8 Å². The number of fused-ring (bicyclic) bond motifs is 1. The Morgan fingerprint density at radius 1 is 1.27 bits per heavy atom. The molecule has 3 rings (SSSR count). The van der Waals surface area contributed by atoms with Crippen molar-refractivity contribution in [3.63, 3.8) is 0 Å². The van der Waals surface area contributed by atoms with Gasteiger partial charge in [0.25, 0.3) is 0 Å². The van der Waals surface area contributed by atoms with E-state index in [0.29, 0.717) is 13.1 Å². The van der Waals surface area contributed by atoms with Crippen molar-refractivity contribution in [3.8, 4) is 0 Å². The van der Waals surface area contributed by atoms with Crippen molar-refractivity contribution in [1.82, 2.24) is 9.97 Å². The average molecular weight is 382 g/mol. The Morgan fingerprint density at radius 3 is 2.62 bits per heavy atom. The predicted molar refractivity (Wildman–Crippen MR) is 95.1 cm³/mol. The zero-order valence-electron chi connectivity index (χ0n) is 14.6. The predicted octanol–water partition coefficient (Wildman–Crippen LogP) is 2.39. The molecular formula is C17H20F2N4O2S. The molecule has 0 unspecified atom stereocenters. The Labute approximate surface area is 151 Å². The van der Waals surface area contributed by atoms with Gasteiger partial charge in [0, 0.05) is 38.6 Å². The van der Waals surface area contributed by atoms with Crippen molar-refractivity contribution in [2.24, 2.45) is 0 Å². The molecule has 0 bridgehead atoms. The van der Waals surface area contributed by atoms with Crippen LogP contribution in [0.2, 0.25) is 0 Å². The number of halogens is 2. The SMILES string of the molecule is CCN(CC)c1nc(F)c2c(c1F)S(=O)(=O)CCN2Cc1cccnc1. The van der Waals surface area contributed by atoms with Crippen molar-refractivity contribution in [2.45, 2.75) is 25.3 Å². The van der Waals surface area contributed by atoms with Gasteiger partial charge in [0.2, 0.25) is 5.95 Å². The highest BCUT2D eigenvalue weighted by atomic mass is 32.2. The average Bonchev–Trinajstić information content (AvgIpc) is 2.62. The number of pyridine rings is 2. The molecule has 140 valence electrons. The third-order valence-electron chi connectivity index (χ3n) is 4.43. The number of nitrogens with zero attached hydrogens (tertiary/aromatic N) is 4. The largest absolute Gasteiger partial charge is 0.361 e. The van der Waals surface area contributed by atoms with E-state index in [1.54, 1.807) is 38.4 Å². The highest BCUT2D eigenvalue weighted by molar-refractivity contribution is 7.91. The molecule has 0 spiro atoms. The maximum atomic E-state index is 15.1. The van der Waals surface area contributed by atoms with Crippen LogP contribution in [0.15, 0.2) is 29.4 Å². The van der Waals surface area contributed by atoms with Crippen LogP contribution in [0.4, 0.5) is 20.3 Å². The van der Waals surface area contributed by atoms with Gasteiger partial charge in [-0.15, -0.1) is 0 Å². The Balaban J connectivity index is 2.15. The van der Waals surface area contributed by atoms with Crippen molar-refractivity contribution in [3.05, 3.63) is 41.9 Å². The number of hydrogen-bond donors (Lipinski definition) is 0. The maximum absolute atomic E-state index is 15.1. The highest BCUT2D eigenvalue weighted by Gasteiger charge is 2.37. The number of hydrogen-bond acceptors (Lipinski definition) is 6. The first-order valence-corrected chi connectivity index (χ1v) is 10.0. The smallest absolute Gasteiger partial charge is 0.239 e. The van der Waals surface area contributed by atoms with Gasteiger partial charge >= 0.3 is 0 Å². The monoisotopic (exact) mass is 382 g/mol. The van der Waals surface area contributed by atoms with Crippen LogP contribution in [0.25, 0.3) is 0 Å². The lowest BCUT2D eigenvalue weighted by Gasteiger charge is -2.32. The Hall–Kier alpha value is -2.29. The molecule has 0 aromatic carbocycles. The normalized spacial score (nSPS) is 15.6. The van der Waals surface area contributed by atoms with E-state index in [1.165, 1.54) is 9.80 Å². The fraction of sp³-hybridized carbons (Fsp3) is 0.412. The van der Waals surface area contributed by atoms with Gasteiger partial charge in [-0.3, -0.25) is 4.98 Å². The molecule has 0 saturated heterocycles. The number of sulfone groups is 1. The first-order chi connectivity index (χ1) is 12.4. The number of aromatic nitrogens is 2. The first kappa shape index (κ1) is 18.5. The highest BCUT2D eigenvalue weighted by Crippen LogP contribution is 2.38. The molecule has 0 fully saturated rings. The molecule has 1 aliphatic rings. The summed E-state index contributed by atoms with van der Waals surface area (Å²) in [6, 6.07) is 3.53. The second-order valence-electron chi connectivity index (χ2n) is 5.99. The third kappa shape index (κ3) is 3.23. The minimum Gasteiger partial charge on any atom is -0.361 e. The fourth-order valence-electron chi connectivity index (χ4n) is 3.10. The molecule has 1 aliphatic heterocycles. The lowest BCUT2D eigenvalue weighted by molar-refractivity contribution is 0.514. The van der Waals surface area contributed by atoms with Crippen molar-refractivity contribution in [2.75, 3.05) is 35.2 Å². The van der Waals surface area contributed by atoms with Gasteiger partial charge in [0.05, 0.1) is 5.75 Å². The van der Waals surface area contributed by atoms with Gasteiger partial charge in [-0.2, -0.15) is 9.37 Å². The molecule has 26 heavy (non-hydrogen) atoms. The van der Waals surface area contributed by atoms with Crippen LogP contribution in [0.3, 0.4) is 0 Å². The van der Waals surface area contributed by atoms with Crippen molar-refractivity contribution in [1.29, 1.82) is 0 Å². The molecule has 0 radical (unpaired) electrons. The van der Waals surface area contributed by atoms with E-state index in [0.717, 1.165) is 5.56 Å². The Morgan fingerprint density at radius 2 is 2.00 bits per heavy atom. The quantitative estimate of drug-likeness (QED) is 0.740. The van der Waals surface area contributed by atoms with Crippen molar-refractivity contribution >= 4 is 21.3 Å². The summed E-state index contributed by atoms with van der Waals surface area (Å²) in [5, 5.41) is 0. The second kappa shape index (κ2) is 7.14. The minimum atomic E-state index is -3.93. The zero-order valence-corrected chi connectivity index (χ0v) is 15.4. The summed E-state index contributed by atoms with van der Waals surface area (Å²) in [7, 11) is -3.93. The van der Waals surface area contributed by atoms with E-state index in [-0.39, 0.29) is 30.3 Å². The van der Waals surface area contributed by atoms with E-state index >= 15 is 4.39 Å². The number of anilines is 2. The lowest BCUT2D eigenvalue weighted by atomic mass is 10.2. The van der Waals surface area contributed by atoms with Gasteiger partial charge < -0.3 is 9.80 Å². The van der Waals surface area contributed by atoms with Crippen LogP contribution in [-0.2, 0) is 16.4 Å². The molecule has 0 amide bonds. The lowest BCUT2D eigenvalue weighted by Crippen LogP contribution is -2.37. The maximum Gasteiger partial charge on any atom is 0.239 e. The summed E-state index contributed by atoms with van der Waals surface area (Å²) in [6.45, 7) is 4.60. The Bertz CT molecular complexity index is 903. The van der Waals surface area contributed by atoms with Crippen molar-refractivity contribution < 1.29 is 17.2 Å². The van der Waals surface area contributed by atoms with Gasteiger partial charge in [-0.05, 0) is 25.5 Å². The summed E-state index contributed by atoms with van der Waals surface area (Å²) in [6.07, 6.45) is 3.21. The second-order valence-corrected chi connectivity index (χ2v) is 8.04. The molecule has 0 saturated carbocycles. The minimum absolute atomic E-state index is 0.0624. The molecule has 2 aromatic heterocycles. The summed E-state index contributed by atoms with van der Waals surface area (Å²) < 4.78 is 54.9. The van der Waals surface area contributed by atoms with Crippen LogP contribution >= 0.6 is 0 Å². The van der Waals surface area contributed by atoms with E-state index < -0.39 is 26.5 Å². The van der Waals surface area contributed by atoms with E-state index in [9.17, 15) is 12.8 Å². The topological polar surface area (TPSA) is 66.4 Å². The number of rotatable bonds is 5. The van der Waals surface area contributed by atoms with E-state index in [1.807, 2.05) is 0 Å². The molecule has 0 atom stereocenters. The van der Waals surface area contributed by atoms with Gasteiger partial charge in [0.1, 0.15) is 10.6 Å². The summed E-state index contributed by atoms with van der Waals surface area (Å²) >= 11 is 0. The molecule has 0 N–H and O–H groups in total.